The van der Waals surface area contributed by atoms with Crippen molar-refractivity contribution in [1.82, 2.24) is 0 Å². The molecule has 2 atom stereocenters. The molecule has 0 saturated heterocycles. The third-order valence-electron chi connectivity index (χ3n) is 3.24. The smallest absolute Gasteiger partial charge is 0.165 e. The molecule has 2 N–H and O–H groups in total. The van der Waals surface area contributed by atoms with Gasteiger partial charge in [0.2, 0.25) is 0 Å². The fraction of sp³-hybridized carbons (Fsp3) is 0.500. The Bertz CT molecular complexity index is 377. The molecular weight excluding hydrogens is 208 g/mol. The van der Waals surface area contributed by atoms with Crippen molar-refractivity contribution in [1.29, 1.82) is 0 Å². The van der Waals surface area contributed by atoms with Gasteiger partial charge in [-0.15, -0.1) is 0 Å². The summed E-state index contributed by atoms with van der Waals surface area (Å²) in [6, 6.07) is 2.82. The standard InChI is InChI=1S/C12H14O4/c13-7-5-11-12(6-8(7)14)16-10-4-2-1-3-9(10)15-11/h5-6,9-10,13-14H,1-4H2/t9-,10-/m0/s1. The van der Waals surface area contributed by atoms with Gasteiger partial charge in [-0.05, 0) is 25.7 Å². The number of aromatic hydroxyl groups is 2. The second kappa shape index (κ2) is 3.47. The molecule has 1 aliphatic heterocycles. The predicted molar refractivity (Wildman–Crippen MR) is 57.1 cm³/mol. The molecule has 0 radical (unpaired) electrons. The first-order chi connectivity index (χ1) is 7.74. The highest BCUT2D eigenvalue weighted by atomic mass is 16.6. The molecule has 4 nitrogen and oxygen atoms in total. The van der Waals surface area contributed by atoms with Gasteiger partial charge in [0.1, 0.15) is 12.2 Å². The minimum absolute atomic E-state index is 0.0881. The quantitative estimate of drug-likeness (QED) is 0.660. The number of phenols is 2. The molecule has 1 saturated carbocycles. The van der Waals surface area contributed by atoms with Crippen LogP contribution in [0.3, 0.4) is 0 Å². The number of fused-ring (bicyclic) bond motifs is 2. The number of ether oxygens (including phenoxy) is 2. The fourth-order valence-electron chi connectivity index (χ4n) is 2.38. The van der Waals surface area contributed by atoms with Crippen LogP contribution in [-0.2, 0) is 0 Å². The Morgan fingerprint density at radius 1 is 0.875 bits per heavy atom. The highest BCUT2D eigenvalue weighted by molar-refractivity contribution is 5.53. The molecule has 3 rings (SSSR count). The molecule has 1 heterocycles. The van der Waals surface area contributed by atoms with E-state index in [1.165, 1.54) is 12.1 Å². The minimum atomic E-state index is -0.170. The van der Waals surface area contributed by atoms with Gasteiger partial charge in [-0.3, -0.25) is 0 Å². The maximum Gasteiger partial charge on any atom is 0.165 e. The first kappa shape index (κ1) is 9.63. The average Bonchev–Trinajstić information content (AvgIpc) is 2.28. The minimum Gasteiger partial charge on any atom is -0.504 e. The van der Waals surface area contributed by atoms with Crippen LogP contribution in [0.25, 0.3) is 0 Å². The van der Waals surface area contributed by atoms with Gasteiger partial charge < -0.3 is 19.7 Å². The maximum atomic E-state index is 9.39. The van der Waals surface area contributed by atoms with Crippen LogP contribution in [0.2, 0.25) is 0 Å². The SMILES string of the molecule is Oc1cc2c(cc1O)O[C@H]1CCCC[C@@H]1O2. The van der Waals surface area contributed by atoms with Gasteiger partial charge in [-0.1, -0.05) is 0 Å². The topological polar surface area (TPSA) is 58.9 Å². The van der Waals surface area contributed by atoms with E-state index in [9.17, 15) is 10.2 Å². The van der Waals surface area contributed by atoms with Crippen molar-refractivity contribution in [2.45, 2.75) is 37.9 Å². The van der Waals surface area contributed by atoms with Crippen LogP contribution in [0.15, 0.2) is 12.1 Å². The molecule has 16 heavy (non-hydrogen) atoms. The molecule has 1 aromatic carbocycles. The zero-order chi connectivity index (χ0) is 11.1. The summed E-state index contributed by atoms with van der Waals surface area (Å²) in [7, 11) is 0. The van der Waals surface area contributed by atoms with Crippen molar-refractivity contribution in [2.75, 3.05) is 0 Å². The molecular formula is C12H14O4. The summed E-state index contributed by atoms with van der Waals surface area (Å²) < 4.78 is 11.6. The lowest BCUT2D eigenvalue weighted by Crippen LogP contribution is -2.41. The molecule has 1 aromatic rings. The summed E-state index contributed by atoms with van der Waals surface area (Å²) in [5.74, 6) is 0.713. The Morgan fingerprint density at radius 3 is 1.75 bits per heavy atom. The van der Waals surface area contributed by atoms with E-state index < -0.39 is 0 Å². The van der Waals surface area contributed by atoms with Gasteiger partial charge in [0.25, 0.3) is 0 Å². The predicted octanol–water partition coefficient (Wildman–Crippen LogP) is 2.18. The summed E-state index contributed by atoms with van der Waals surface area (Å²) in [6.07, 6.45) is 4.47. The lowest BCUT2D eigenvalue weighted by Gasteiger charge is -2.36. The van der Waals surface area contributed by atoms with Gasteiger partial charge >= 0.3 is 0 Å². The Kier molecular flexibility index (Phi) is 2.09. The lowest BCUT2D eigenvalue weighted by molar-refractivity contribution is -0.00643. The van der Waals surface area contributed by atoms with Crippen molar-refractivity contribution in [3.05, 3.63) is 12.1 Å². The lowest BCUT2D eigenvalue weighted by atomic mass is 9.93. The van der Waals surface area contributed by atoms with E-state index in [-0.39, 0.29) is 23.7 Å². The van der Waals surface area contributed by atoms with Gasteiger partial charge in [-0.2, -0.15) is 0 Å². The summed E-state index contributed by atoms with van der Waals surface area (Å²) in [4.78, 5) is 0. The van der Waals surface area contributed by atoms with E-state index in [0.717, 1.165) is 25.7 Å². The first-order valence-corrected chi connectivity index (χ1v) is 5.63. The van der Waals surface area contributed by atoms with E-state index >= 15 is 0 Å². The van der Waals surface area contributed by atoms with Crippen LogP contribution in [0.1, 0.15) is 25.7 Å². The second-order valence-corrected chi connectivity index (χ2v) is 4.38. The number of rotatable bonds is 0. The summed E-state index contributed by atoms with van der Waals surface area (Å²) in [5.41, 5.74) is 0. The maximum absolute atomic E-state index is 9.39. The summed E-state index contributed by atoms with van der Waals surface area (Å²) in [6.45, 7) is 0. The molecule has 0 aromatic heterocycles. The number of phenolic OH excluding ortho intramolecular Hbond substituents is 2. The van der Waals surface area contributed by atoms with Crippen molar-refractivity contribution >= 4 is 0 Å². The van der Waals surface area contributed by atoms with E-state index in [0.29, 0.717) is 11.5 Å². The second-order valence-electron chi connectivity index (χ2n) is 4.38. The van der Waals surface area contributed by atoms with E-state index in [1.54, 1.807) is 0 Å². The van der Waals surface area contributed by atoms with Crippen LogP contribution in [-0.4, -0.2) is 22.4 Å². The van der Waals surface area contributed by atoms with Gasteiger partial charge in [0, 0.05) is 12.1 Å². The van der Waals surface area contributed by atoms with Crippen molar-refractivity contribution < 1.29 is 19.7 Å². The molecule has 1 fully saturated rings. The van der Waals surface area contributed by atoms with Crippen molar-refractivity contribution in [2.24, 2.45) is 0 Å². The molecule has 86 valence electrons. The highest BCUT2D eigenvalue weighted by Crippen LogP contribution is 2.43. The number of hydrogen-bond acceptors (Lipinski definition) is 4. The van der Waals surface area contributed by atoms with Crippen molar-refractivity contribution in [3.63, 3.8) is 0 Å². The number of hydrogen-bond donors (Lipinski definition) is 2. The van der Waals surface area contributed by atoms with Crippen LogP contribution in [0.4, 0.5) is 0 Å². The molecule has 0 unspecified atom stereocenters. The third kappa shape index (κ3) is 1.45. The largest absolute Gasteiger partial charge is 0.504 e. The molecule has 2 aliphatic rings. The fourth-order valence-corrected chi connectivity index (χ4v) is 2.38. The van der Waals surface area contributed by atoms with Crippen LogP contribution < -0.4 is 9.47 Å². The van der Waals surface area contributed by atoms with Crippen LogP contribution >= 0.6 is 0 Å². The average molecular weight is 222 g/mol. The molecule has 0 amide bonds. The zero-order valence-electron chi connectivity index (χ0n) is 8.85. The van der Waals surface area contributed by atoms with Gasteiger partial charge in [0.15, 0.2) is 23.0 Å². The normalized spacial score (nSPS) is 27.2. The van der Waals surface area contributed by atoms with E-state index in [1.807, 2.05) is 0 Å². The summed E-state index contributed by atoms with van der Waals surface area (Å²) >= 11 is 0. The Balaban J connectivity index is 1.95. The number of benzene rings is 1. The Labute approximate surface area is 93.4 Å². The monoisotopic (exact) mass is 222 g/mol. The Hall–Kier alpha value is -1.58. The molecule has 1 aliphatic carbocycles. The van der Waals surface area contributed by atoms with Crippen LogP contribution in [0.5, 0.6) is 23.0 Å². The van der Waals surface area contributed by atoms with Gasteiger partial charge in [-0.25, -0.2) is 0 Å². The summed E-state index contributed by atoms with van der Waals surface area (Å²) in [5, 5.41) is 18.8. The van der Waals surface area contributed by atoms with Crippen molar-refractivity contribution in [3.8, 4) is 23.0 Å². The van der Waals surface area contributed by atoms with Crippen LogP contribution in [0, 0.1) is 0 Å². The van der Waals surface area contributed by atoms with Gasteiger partial charge in [0.05, 0.1) is 0 Å². The molecule has 0 spiro atoms. The zero-order valence-corrected chi connectivity index (χ0v) is 8.85. The van der Waals surface area contributed by atoms with E-state index in [4.69, 9.17) is 9.47 Å². The Morgan fingerprint density at radius 2 is 1.31 bits per heavy atom. The molecule has 0 bridgehead atoms. The van der Waals surface area contributed by atoms with E-state index in [2.05, 4.69) is 0 Å². The molecule has 4 heteroatoms. The highest BCUT2D eigenvalue weighted by Gasteiger charge is 2.34. The third-order valence-corrected chi connectivity index (χ3v) is 3.24. The first-order valence-electron chi connectivity index (χ1n) is 5.63.